The summed E-state index contributed by atoms with van der Waals surface area (Å²) in [7, 11) is 2.00. The fourth-order valence-corrected chi connectivity index (χ4v) is 3.67. The lowest BCUT2D eigenvalue weighted by molar-refractivity contribution is 0.688. The van der Waals surface area contributed by atoms with Gasteiger partial charge in [0.05, 0.1) is 5.69 Å². The summed E-state index contributed by atoms with van der Waals surface area (Å²) in [6.07, 6.45) is 0.871. The van der Waals surface area contributed by atoms with Crippen molar-refractivity contribution < 1.29 is 0 Å². The average Bonchev–Trinajstić information content (AvgIpc) is 2.75. The predicted molar refractivity (Wildman–Crippen MR) is 88.8 cm³/mol. The van der Waals surface area contributed by atoms with E-state index in [9.17, 15) is 0 Å². The average molecular weight is 297 g/mol. The highest BCUT2D eigenvalue weighted by molar-refractivity contribution is 7.99. The van der Waals surface area contributed by atoms with Gasteiger partial charge in [-0.2, -0.15) is 5.10 Å². The fraction of sp³-hybridized carbons (Fsp3) is 0.235. The van der Waals surface area contributed by atoms with Crippen LogP contribution in [0.3, 0.4) is 0 Å². The first-order valence-corrected chi connectivity index (χ1v) is 7.90. The van der Waals surface area contributed by atoms with Gasteiger partial charge in [0.1, 0.15) is 5.03 Å². The number of nitrogens with zero attached hydrogens (tertiary/aromatic N) is 2. The molecule has 1 aromatic heterocycles. The smallest absolute Gasteiger partial charge is 0.102 e. The SMILES string of the molecule is Cc1nn(C)c(Sc2ccc3ccccc3c2)c1CCN. The third kappa shape index (κ3) is 2.82. The second kappa shape index (κ2) is 5.92. The van der Waals surface area contributed by atoms with Crippen LogP contribution in [-0.2, 0) is 13.5 Å². The van der Waals surface area contributed by atoms with E-state index in [-0.39, 0.29) is 0 Å². The first-order chi connectivity index (χ1) is 10.2. The zero-order valence-electron chi connectivity index (χ0n) is 12.3. The van der Waals surface area contributed by atoms with Crippen molar-refractivity contribution in [2.45, 2.75) is 23.3 Å². The van der Waals surface area contributed by atoms with Crippen LogP contribution in [0.1, 0.15) is 11.3 Å². The lowest BCUT2D eigenvalue weighted by Crippen LogP contribution is -2.04. The molecule has 0 aliphatic heterocycles. The van der Waals surface area contributed by atoms with Crippen molar-refractivity contribution in [3.8, 4) is 0 Å². The van der Waals surface area contributed by atoms with Crippen molar-refractivity contribution in [3.05, 3.63) is 53.7 Å². The lowest BCUT2D eigenvalue weighted by atomic mass is 10.1. The van der Waals surface area contributed by atoms with E-state index >= 15 is 0 Å². The number of fused-ring (bicyclic) bond motifs is 1. The van der Waals surface area contributed by atoms with Crippen molar-refractivity contribution in [1.29, 1.82) is 0 Å². The Morgan fingerprint density at radius 1 is 1.14 bits per heavy atom. The molecule has 3 nitrogen and oxygen atoms in total. The summed E-state index contributed by atoms with van der Waals surface area (Å²) in [5.74, 6) is 0. The zero-order chi connectivity index (χ0) is 14.8. The summed E-state index contributed by atoms with van der Waals surface area (Å²) in [6.45, 7) is 2.70. The van der Waals surface area contributed by atoms with Gasteiger partial charge in [-0.1, -0.05) is 42.1 Å². The highest BCUT2D eigenvalue weighted by Crippen LogP contribution is 2.33. The van der Waals surface area contributed by atoms with Crippen LogP contribution in [0.25, 0.3) is 10.8 Å². The number of aromatic nitrogens is 2. The Hall–Kier alpha value is -1.78. The molecule has 2 N–H and O–H groups in total. The second-order valence-corrected chi connectivity index (χ2v) is 6.20. The Bertz CT molecular complexity index is 777. The Kier molecular flexibility index (Phi) is 3.99. The van der Waals surface area contributed by atoms with E-state index in [0.29, 0.717) is 6.54 Å². The molecule has 0 atom stereocenters. The van der Waals surface area contributed by atoms with E-state index in [1.807, 2.05) is 11.7 Å². The van der Waals surface area contributed by atoms with Crippen LogP contribution < -0.4 is 5.73 Å². The summed E-state index contributed by atoms with van der Waals surface area (Å²) in [4.78, 5) is 1.23. The third-order valence-corrected chi connectivity index (χ3v) is 4.81. The molecule has 0 amide bonds. The molecule has 2 aromatic carbocycles. The number of hydrogen-bond acceptors (Lipinski definition) is 3. The maximum absolute atomic E-state index is 5.73. The number of nitrogens with two attached hydrogens (primary N) is 1. The minimum Gasteiger partial charge on any atom is -0.330 e. The monoisotopic (exact) mass is 297 g/mol. The van der Waals surface area contributed by atoms with E-state index in [1.165, 1.54) is 26.3 Å². The van der Waals surface area contributed by atoms with Crippen molar-refractivity contribution in [3.63, 3.8) is 0 Å². The molecule has 21 heavy (non-hydrogen) atoms. The van der Waals surface area contributed by atoms with Gasteiger partial charge < -0.3 is 5.73 Å². The quantitative estimate of drug-likeness (QED) is 0.801. The zero-order valence-corrected chi connectivity index (χ0v) is 13.2. The fourth-order valence-electron chi connectivity index (χ4n) is 2.58. The van der Waals surface area contributed by atoms with Gasteiger partial charge in [0.2, 0.25) is 0 Å². The molecule has 3 aromatic rings. The summed E-state index contributed by atoms with van der Waals surface area (Å²) in [5, 5.41) is 8.25. The van der Waals surface area contributed by atoms with Crippen molar-refractivity contribution in [1.82, 2.24) is 9.78 Å². The maximum atomic E-state index is 5.73. The number of benzene rings is 2. The summed E-state index contributed by atoms with van der Waals surface area (Å²) in [5.41, 5.74) is 8.07. The third-order valence-electron chi connectivity index (χ3n) is 3.62. The summed E-state index contributed by atoms with van der Waals surface area (Å²) >= 11 is 1.76. The molecule has 4 heteroatoms. The molecular weight excluding hydrogens is 278 g/mol. The van der Waals surface area contributed by atoms with Gasteiger partial charge in [0.15, 0.2) is 0 Å². The predicted octanol–water partition coefficient (Wildman–Crippen LogP) is 3.53. The first-order valence-electron chi connectivity index (χ1n) is 7.08. The minimum absolute atomic E-state index is 0.651. The van der Waals surface area contributed by atoms with Gasteiger partial charge in [-0.05, 0) is 42.8 Å². The van der Waals surface area contributed by atoms with Gasteiger partial charge in [-0.15, -0.1) is 0 Å². The summed E-state index contributed by atoms with van der Waals surface area (Å²) in [6, 6.07) is 15.0. The standard InChI is InChI=1S/C17H19N3S/c1-12-16(9-10-18)17(20(2)19-12)21-15-8-7-13-5-3-4-6-14(13)11-15/h3-8,11H,9-10,18H2,1-2H3. The van der Waals surface area contributed by atoms with Crippen LogP contribution in [-0.4, -0.2) is 16.3 Å². The first kappa shape index (κ1) is 14.2. The van der Waals surface area contributed by atoms with Crippen molar-refractivity contribution in [2.75, 3.05) is 6.54 Å². The molecule has 0 radical (unpaired) electrons. The Labute approximate surface area is 129 Å². The normalized spacial score (nSPS) is 11.2. The van der Waals surface area contributed by atoms with Crippen LogP contribution in [0, 0.1) is 6.92 Å². The van der Waals surface area contributed by atoms with Crippen LogP contribution in [0.2, 0.25) is 0 Å². The molecule has 0 unspecified atom stereocenters. The van der Waals surface area contributed by atoms with Crippen LogP contribution >= 0.6 is 11.8 Å². The van der Waals surface area contributed by atoms with Crippen LogP contribution in [0.5, 0.6) is 0 Å². The van der Waals surface area contributed by atoms with E-state index in [4.69, 9.17) is 5.73 Å². The van der Waals surface area contributed by atoms with E-state index in [0.717, 1.165) is 12.1 Å². The Balaban J connectivity index is 1.98. The summed E-state index contributed by atoms with van der Waals surface area (Å²) < 4.78 is 1.96. The maximum Gasteiger partial charge on any atom is 0.102 e. The molecule has 0 aliphatic carbocycles. The number of rotatable bonds is 4. The van der Waals surface area contributed by atoms with Crippen molar-refractivity contribution >= 4 is 22.5 Å². The largest absolute Gasteiger partial charge is 0.330 e. The minimum atomic E-state index is 0.651. The molecule has 108 valence electrons. The van der Waals surface area contributed by atoms with Gasteiger partial charge in [-0.3, -0.25) is 4.68 Å². The molecule has 1 heterocycles. The van der Waals surface area contributed by atoms with Gasteiger partial charge in [0.25, 0.3) is 0 Å². The second-order valence-electron chi connectivity index (χ2n) is 5.14. The van der Waals surface area contributed by atoms with Gasteiger partial charge >= 0.3 is 0 Å². The van der Waals surface area contributed by atoms with Gasteiger partial charge in [-0.25, -0.2) is 0 Å². The molecule has 0 saturated heterocycles. The molecule has 0 bridgehead atoms. The Morgan fingerprint density at radius 3 is 2.67 bits per heavy atom. The highest BCUT2D eigenvalue weighted by atomic mass is 32.2. The Morgan fingerprint density at radius 2 is 1.90 bits per heavy atom. The molecule has 0 aliphatic rings. The van der Waals surface area contributed by atoms with Crippen LogP contribution in [0.15, 0.2) is 52.4 Å². The van der Waals surface area contributed by atoms with E-state index in [1.54, 1.807) is 11.8 Å². The van der Waals surface area contributed by atoms with Crippen LogP contribution in [0.4, 0.5) is 0 Å². The molecule has 0 fully saturated rings. The topological polar surface area (TPSA) is 43.8 Å². The lowest BCUT2D eigenvalue weighted by Gasteiger charge is -2.07. The molecular formula is C17H19N3S. The molecule has 0 saturated carbocycles. The van der Waals surface area contributed by atoms with Crippen molar-refractivity contribution in [2.24, 2.45) is 12.8 Å². The van der Waals surface area contributed by atoms with E-state index < -0.39 is 0 Å². The molecule has 3 rings (SSSR count). The molecule has 0 spiro atoms. The van der Waals surface area contributed by atoms with E-state index in [2.05, 4.69) is 54.5 Å². The number of hydrogen-bond donors (Lipinski definition) is 1. The highest BCUT2D eigenvalue weighted by Gasteiger charge is 2.14. The number of aryl methyl sites for hydroxylation is 2. The van der Waals surface area contributed by atoms with Gasteiger partial charge in [0, 0.05) is 17.5 Å².